The molecule has 0 amide bonds. The molecule has 2 aromatic heterocycles. The third kappa shape index (κ3) is 6.40. The first-order chi connectivity index (χ1) is 20.3. The van der Waals surface area contributed by atoms with Gasteiger partial charge in [-0.2, -0.15) is 9.41 Å². The van der Waals surface area contributed by atoms with Gasteiger partial charge in [0.25, 0.3) is 5.56 Å². The van der Waals surface area contributed by atoms with Crippen molar-refractivity contribution in [1.82, 2.24) is 29.2 Å². The van der Waals surface area contributed by atoms with Crippen LogP contribution in [0, 0.1) is 0 Å². The normalized spacial score (nSPS) is 16.3. The molecule has 3 aromatic rings. The van der Waals surface area contributed by atoms with Gasteiger partial charge >= 0.3 is 0 Å². The Morgan fingerprint density at radius 2 is 1.83 bits per heavy atom. The van der Waals surface area contributed by atoms with Gasteiger partial charge in [-0.3, -0.25) is 14.8 Å². The van der Waals surface area contributed by atoms with E-state index in [0.29, 0.717) is 69.0 Å². The van der Waals surface area contributed by atoms with Crippen LogP contribution in [0.25, 0.3) is 17.0 Å². The molecule has 4 heterocycles. The summed E-state index contributed by atoms with van der Waals surface area (Å²) in [6.45, 7) is 10.8. The number of fused-ring (bicyclic) bond motifs is 1. The third-order valence-electron chi connectivity index (χ3n) is 7.52. The molecular formula is C30H39N7O4S. The minimum absolute atomic E-state index is 0.150. The Morgan fingerprint density at radius 3 is 2.52 bits per heavy atom. The molecule has 11 nitrogen and oxygen atoms in total. The van der Waals surface area contributed by atoms with Crippen molar-refractivity contribution in [3.8, 4) is 17.1 Å². The second-order valence-electron chi connectivity index (χ2n) is 10.6. The van der Waals surface area contributed by atoms with Gasteiger partial charge < -0.3 is 14.6 Å². The molecule has 0 saturated carbocycles. The summed E-state index contributed by atoms with van der Waals surface area (Å²) >= 11 is 0. The molecule has 0 aliphatic carbocycles. The predicted octanol–water partition coefficient (Wildman–Crippen LogP) is 1.95. The lowest BCUT2D eigenvalue weighted by atomic mass is 10.1. The second kappa shape index (κ2) is 13.1. The number of pyridine rings is 1. The summed E-state index contributed by atoms with van der Waals surface area (Å²) in [6.07, 6.45) is 4.22. The van der Waals surface area contributed by atoms with Crippen LogP contribution in [0.5, 0.6) is 5.75 Å². The fraction of sp³-hybridized carbons (Fsp3) is 0.467. The smallest absolute Gasteiger partial charge is 0.279 e. The van der Waals surface area contributed by atoms with Crippen molar-refractivity contribution in [3.63, 3.8) is 0 Å². The van der Waals surface area contributed by atoms with Gasteiger partial charge in [-0.15, -0.1) is 0 Å². The van der Waals surface area contributed by atoms with Gasteiger partial charge in [0.05, 0.1) is 41.2 Å². The Balaban J connectivity index is 1.54. The molecule has 42 heavy (non-hydrogen) atoms. The quantitative estimate of drug-likeness (QED) is 0.358. The number of ether oxygens (including phenoxy) is 1. The zero-order chi connectivity index (χ0) is 29.7. The van der Waals surface area contributed by atoms with E-state index < -0.39 is 15.6 Å². The van der Waals surface area contributed by atoms with Crippen molar-refractivity contribution in [2.45, 2.75) is 51.5 Å². The van der Waals surface area contributed by atoms with Crippen molar-refractivity contribution < 1.29 is 13.2 Å². The van der Waals surface area contributed by atoms with Crippen LogP contribution in [0.1, 0.15) is 45.7 Å². The largest absolute Gasteiger partial charge is 0.493 e. The van der Waals surface area contributed by atoms with Gasteiger partial charge in [-0.25, -0.2) is 13.4 Å². The maximum atomic E-state index is 13.7. The number of H-pyrrole nitrogens is 1. The first-order valence-electron chi connectivity index (χ1n) is 14.7. The zero-order valence-corrected chi connectivity index (χ0v) is 25.4. The number of nitrogens with one attached hydrogen (secondary N) is 1. The highest BCUT2D eigenvalue weighted by Gasteiger charge is 2.29. The Kier molecular flexibility index (Phi) is 9.34. The number of aromatic nitrogens is 3. The van der Waals surface area contributed by atoms with Crippen LogP contribution in [0.2, 0.25) is 0 Å². The van der Waals surface area contributed by atoms with Crippen LogP contribution in [-0.2, 0) is 16.6 Å². The van der Waals surface area contributed by atoms with E-state index in [0.717, 1.165) is 30.7 Å². The molecule has 1 aromatic carbocycles. The zero-order valence-electron chi connectivity index (χ0n) is 24.5. The number of piperazine rings is 1. The summed E-state index contributed by atoms with van der Waals surface area (Å²) in [5.41, 5.74) is 1.85. The van der Waals surface area contributed by atoms with Crippen LogP contribution < -0.4 is 21.0 Å². The molecule has 0 bridgehead atoms. The predicted molar refractivity (Wildman–Crippen MR) is 161 cm³/mol. The summed E-state index contributed by atoms with van der Waals surface area (Å²) in [6, 6.07) is 10.5. The fourth-order valence-corrected chi connectivity index (χ4v) is 6.76. The van der Waals surface area contributed by atoms with E-state index in [9.17, 15) is 13.2 Å². The average Bonchev–Trinajstić information content (AvgIpc) is 3.00. The van der Waals surface area contributed by atoms with Crippen molar-refractivity contribution in [3.05, 3.63) is 69.3 Å². The number of rotatable bonds is 11. The number of sulfonamides is 1. The molecule has 1 fully saturated rings. The SMILES string of the molecule is CCCOc1ccc(S(=O)(=O)N2CCN(CCC)CC2)cc1-c1nc2c(c(=O)[nH]1)=NN(Cc1ccccn1)CC=2CC. The van der Waals surface area contributed by atoms with E-state index in [1.807, 2.05) is 37.1 Å². The number of hydrogen-bond acceptors (Lipinski definition) is 9. The number of nitrogens with zero attached hydrogens (tertiary/aromatic N) is 6. The van der Waals surface area contributed by atoms with E-state index in [1.165, 1.54) is 4.31 Å². The highest BCUT2D eigenvalue weighted by atomic mass is 32.2. The lowest BCUT2D eigenvalue weighted by molar-refractivity contribution is 0.188. The van der Waals surface area contributed by atoms with Gasteiger partial charge in [0.2, 0.25) is 10.0 Å². The fourth-order valence-electron chi connectivity index (χ4n) is 5.31. The van der Waals surface area contributed by atoms with Crippen molar-refractivity contribution in [2.75, 3.05) is 45.9 Å². The van der Waals surface area contributed by atoms with E-state index in [4.69, 9.17) is 9.72 Å². The minimum Gasteiger partial charge on any atom is -0.493 e. The van der Waals surface area contributed by atoms with Gasteiger partial charge in [-0.1, -0.05) is 26.8 Å². The van der Waals surface area contributed by atoms with Gasteiger partial charge in [0.1, 0.15) is 11.6 Å². The Hall–Kier alpha value is -3.61. The topological polar surface area (TPSA) is 124 Å². The van der Waals surface area contributed by atoms with Crippen LogP contribution in [-0.4, -0.2) is 83.5 Å². The first kappa shape index (κ1) is 29.9. The summed E-state index contributed by atoms with van der Waals surface area (Å²) in [5.74, 6) is 0.725. The molecule has 2 aliphatic rings. The summed E-state index contributed by atoms with van der Waals surface area (Å²) in [7, 11) is -3.75. The highest BCUT2D eigenvalue weighted by Crippen LogP contribution is 2.31. The summed E-state index contributed by atoms with van der Waals surface area (Å²) in [4.78, 5) is 28.0. The van der Waals surface area contributed by atoms with Crippen LogP contribution in [0.4, 0.5) is 0 Å². The molecule has 1 N–H and O–H groups in total. The van der Waals surface area contributed by atoms with E-state index in [2.05, 4.69) is 26.9 Å². The molecule has 2 aliphatic heterocycles. The minimum atomic E-state index is -3.75. The Bertz CT molecular complexity index is 1680. The van der Waals surface area contributed by atoms with E-state index in [1.54, 1.807) is 24.4 Å². The van der Waals surface area contributed by atoms with Gasteiger partial charge in [0.15, 0.2) is 5.36 Å². The molecule has 0 atom stereocenters. The maximum absolute atomic E-state index is 13.7. The molecule has 0 unspecified atom stereocenters. The van der Waals surface area contributed by atoms with E-state index >= 15 is 0 Å². The van der Waals surface area contributed by atoms with Crippen molar-refractivity contribution in [1.29, 1.82) is 0 Å². The lowest BCUT2D eigenvalue weighted by Gasteiger charge is -2.33. The molecule has 0 spiro atoms. The third-order valence-corrected chi connectivity index (χ3v) is 9.41. The molecule has 12 heteroatoms. The van der Waals surface area contributed by atoms with Crippen LogP contribution in [0.15, 0.2) is 57.4 Å². The Labute approximate surface area is 246 Å². The standard InChI is InChI=1S/C30H39N7O4S/c1-4-13-35-14-16-37(17-15-35)42(39,40)24-10-11-26(41-18-5-2)25(19-24)29-32-27-22(6-3)20-36(34-28(27)30(38)33-29)21-23-9-7-8-12-31-23/h7-12,19H,4-6,13-18,20-21H2,1-3H3,(H,32,33,38). The van der Waals surface area contributed by atoms with Crippen molar-refractivity contribution in [2.24, 2.45) is 5.10 Å². The van der Waals surface area contributed by atoms with Crippen LogP contribution in [0.3, 0.4) is 0 Å². The molecule has 1 saturated heterocycles. The monoisotopic (exact) mass is 593 g/mol. The van der Waals surface area contributed by atoms with Gasteiger partial charge in [-0.05, 0) is 61.7 Å². The lowest BCUT2D eigenvalue weighted by Crippen LogP contribution is -2.50. The molecule has 0 radical (unpaired) electrons. The highest BCUT2D eigenvalue weighted by molar-refractivity contribution is 7.89. The van der Waals surface area contributed by atoms with Crippen molar-refractivity contribution >= 4 is 15.6 Å². The average molecular weight is 594 g/mol. The molecule has 224 valence electrons. The number of hydrogen-bond donors (Lipinski definition) is 1. The maximum Gasteiger partial charge on any atom is 0.279 e. The second-order valence-corrected chi connectivity index (χ2v) is 12.5. The number of aromatic amines is 1. The molecule has 5 rings (SSSR count). The summed E-state index contributed by atoms with van der Waals surface area (Å²) < 4.78 is 34.9. The number of benzene rings is 1. The molecular weight excluding hydrogens is 554 g/mol. The first-order valence-corrected chi connectivity index (χ1v) is 16.1. The summed E-state index contributed by atoms with van der Waals surface area (Å²) in [5, 5.41) is 7.20. The van der Waals surface area contributed by atoms with Crippen LogP contribution >= 0.6 is 0 Å². The Morgan fingerprint density at radius 1 is 1.02 bits per heavy atom. The van der Waals surface area contributed by atoms with Gasteiger partial charge in [0, 0.05) is 32.4 Å². The van der Waals surface area contributed by atoms with E-state index in [-0.39, 0.29) is 16.1 Å².